The lowest BCUT2D eigenvalue weighted by atomic mass is 10.0. The molecular weight excluding hydrogens is 325 g/mol. The Kier molecular flexibility index (Phi) is 4.35. The molecule has 0 saturated carbocycles. The Balaban J connectivity index is 1.89. The van der Waals surface area contributed by atoms with Gasteiger partial charge < -0.3 is 4.74 Å². The Hall–Kier alpha value is -3.02. The second-order valence-electron chi connectivity index (χ2n) is 6.09. The topological polar surface area (TPSA) is 63.7 Å². The molecule has 128 valence electrons. The number of hydrogen-bond donors (Lipinski definition) is 0. The van der Waals surface area contributed by atoms with Crippen LogP contribution in [0.15, 0.2) is 48.5 Å². The summed E-state index contributed by atoms with van der Waals surface area (Å²) >= 11 is 0. The minimum atomic E-state index is -1.07. The first-order valence-corrected chi connectivity index (χ1v) is 7.84. The summed E-state index contributed by atoms with van der Waals surface area (Å²) in [6.07, 6.45) is 0. The molecule has 0 aromatic heterocycles. The van der Waals surface area contributed by atoms with Crippen molar-refractivity contribution in [2.45, 2.75) is 19.9 Å². The molecule has 0 bridgehead atoms. The molecule has 0 saturated heterocycles. The van der Waals surface area contributed by atoms with Gasteiger partial charge in [0.2, 0.25) is 0 Å². The number of fused-ring (bicyclic) bond motifs is 1. The molecular formula is C19H16FNO4. The van der Waals surface area contributed by atoms with Crippen molar-refractivity contribution in [2.24, 2.45) is 5.92 Å². The first kappa shape index (κ1) is 16.8. The summed E-state index contributed by atoms with van der Waals surface area (Å²) in [5.74, 6) is -2.44. The lowest BCUT2D eigenvalue weighted by Gasteiger charge is -2.27. The van der Waals surface area contributed by atoms with E-state index < -0.39 is 29.6 Å². The molecule has 1 aliphatic heterocycles. The van der Waals surface area contributed by atoms with Crippen molar-refractivity contribution >= 4 is 17.8 Å². The van der Waals surface area contributed by atoms with E-state index in [1.54, 1.807) is 38.1 Å². The van der Waals surface area contributed by atoms with Crippen molar-refractivity contribution in [1.82, 2.24) is 4.90 Å². The van der Waals surface area contributed by atoms with E-state index in [0.29, 0.717) is 0 Å². The van der Waals surface area contributed by atoms with Crippen LogP contribution in [0.5, 0.6) is 5.75 Å². The molecule has 0 N–H and O–H groups in total. The number of halogens is 1. The zero-order chi connectivity index (χ0) is 18.1. The highest BCUT2D eigenvalue weighted by molar-refractivity contribution is 6.22. The first-order valence-electron chi connectivity index (χ1n) is 7.84. The zero-order valence-corrected chi connectivity index (χ0v) is 13.7. The number of benzene rings is 2. The van der Waals surface area contributed by atoms with Crippen LogP contribution in [0.25, 0.3) is 0 Å². The molecule has 6 heteroatoms. The van der Waals surface area contributed by atoms with E-state index in [1.807, 2.05) is 0 Å². The highest BCUT2D eigenvalue weighted by Crippen LogP contribution is 2.28. The van der Waals surface area contributed by atoms with Crippen molar-refractivity contribution in [3.8, 4) is 5.75 Å². The molecule has 0 fully saturated rings. The predicted molar refractivity (Wildman–Crippen MR) is 87.6 cm³/mol. The lowest BCUT2D eigenvalue weighted by molar-refractivity contribution is -0.140. The third-order valence-corrected chi connectivity index (χ3v) is 4.01. The number of carbonyl (C=O) groups is 3. The summed E-state index contributed by atoms with van der Waals surface area (Å²) in [5.41, 5.74) is 0.542. The molecule has 0 spiro atoms. The van der Waals surface area contributed by atoms with Gasteiger partial charge in [0, 0.05) is 0 Å². The van der Waals surface area contributed by atoms with Gasteiger partial charge >= 0.3 is 5.97 Å². The minimum absolute atomic E-state index is 0.147. The maximum Gasteiger partial charge on any atom is 0.335 e. The molecule has 3 rings (SSSR count). The number of carbonyl (C=O) groups excluding carboxylic acids is 3. The summed E-state index contributed by atoms with van der Waals surface area (Å²) in [4.78, 5) is 38.8. The molecule has 0 aliphatic carbocycles. The molecule has 5 nitrogen and oxygen atoms in total. The third-order valence-electron chi connectivity index (χ3n) is 4.01. The minimum Gasteiger partial charge on any atom is -0.425 e. The van der Waals surface area contributed by atoms with Crippen LogP contribution in [-0.4, -0.2) is 28.7 Å². The number of ether oxygens (including phenoxy) is 1. The predicted octanol–water partition coefficient (Wildman–Crippen LogP) is 3.05. The summed E-state index contributed by atoms with van der Waals surface area (Å²) in [6, 6.07) is 10.3. The summed E-state index contributed by atoms with van der Waals surface area (Å²) < 4.78 is 18.2. The fourth-order valence-electron chi connectivity index (χ4n) is 2.82. The molecule has 1 unspecified atom stereocenters. The van der Waals surface area contributed by atoms with Crippen LogP contribution in [-0.2, 0) is 4.79 Å². The van der Waals surface area contributed by atoms with E-state index >= 15 is 0 Å². The number of esters is 1. The van der Waals surface area contributed by atoms with E-state index in [4.69, 9.17) is 4.74 Å². The van der Waals surface area contributed by atoms with Gasteiger partial charge in [0.15, 0.2) is 0 Å². The van der Waals surface area contributed by atoms with Crippen LogP contribution < -0.4 is 4.74 Å². The van der Waals surface area contributed by atoms with Gasteiger partial charge in [-0.15, -0.1) is 0 Å². The zero-order valence-electron chi connectivity index (χ0n) is 13.7. The van der Waals surface area contributed by atoms with Crippen molar-refractivity contribution in [3.05, 3.63) is 65.5 Å². The second kappa shape index (κ2) is 6.47. The highest BCUT2D eigenvalue weighted by Gasteiger charge is 2.44. The number of hydrogen-bond acceptors (Lipinski definition) is 4. The number of rotatable bonds is 4. The van der Waals surface area contributed by atoms with E-state index in [0.717, 1.165) is 17.0 Å². The van der Waals surface area contributed by atoms with Crippen LogP contribution in [0.2, 0.25) is 0 Å². The van der Waals surface area contributed by atoms with Crippen LogP contribution in [0, 0.1) is 11.7 Å². The Labute approximate surface area is 144 Å². The van der Waals surface area contributed by atoms with E-state index in [9.17, 15) is 18.8 Å². The Bertz CT molecular complexity index is 810. The molecule has 0 radical (unpaired) electrons. The smallest absolute Gasteiger partial charge is 0.335 e. The third kappa shape index (κ3) is 3.03. The summed E-state index contributed by atoms with van der Waals surface area (Å²) in [6.45, 7) is 3.44. The first-order chi connectivity index (χ1) is 11.9. The van der Waals surface area contributed by atoms with Gasteiger partial charge in [0.1, 0.15) is 17.6 Å². The summed E-state index contributed by atoms with van der Waals surface area (Å²) in [7, 11) is 0. The maximum absolute atomic E-state index is 13.0. The van der Waals surface area contributed by atoms with Crippen molar-refractivity contribution < 1.29 is 23.5 Å². The molecule has 1 heterocycles. The molecule has 2 aromatic carbocycles. The van der Waals surface area contributed by atoms with Crippen LogP contribution in [0.4, 0.5) is 4.39 Å². The van der Waals surface area contributed by atoms with Crippen molar-refractivity contribution in [2.75, 3.05) is 0 Å². The molecule has 1 atom stereocenters. The van der Waals surface area contributed by atoms with Gasteiger partial charge in [-0.3, -0.25) is 14.5 Å². The van der Waals surface area contributed by atoms with Crippen LogP contribution in [0.1, 0.15) is 34.6 Å². The average Bonchev–Trinajstić information content (AvgIpc) is 2.83. The normalized spacial score (nSPS) is 14.6. The Morgan fingerprint density at radius 3 is 1.96 bits per heavy atom. The van der Waals surface area contributed by atoms with E-state index in [1.165, 1.54) is 12.1 Å². The molecule has 25 heavy (non-hydrogen) atoms. The quantitative estimate of drug-likeness (QED) is 0.487. The summed E-state index contributed by atoms with van der Waals surface area (Å²) in [5, 5.41) is 0. The van der Waals surface area contributed by atoms with Gasteiger partial charge in [-0.05, 0) is 42.3 Å². The van der Waals surface area contributed by atoms with E-state index in [2.05, 4.69) is 0 Å². The number of amides is 2. The monoisotopic (exact) mass is 341 g/mol. The van der Waals surface area contributed by atoms with Gasteiger partial charge in [-0.1, -0.05) is 26.0 Å². The SMILES string of the molecule is CC(C)C(C(=O)Oc1ccc(F)cc1)N1C(=O)c2ccccc2C1=O. The van der Waals surface area contributed by atoms with Crippen molar-refractivity contribution in [3.63, 3.8) is 0 Å². The van der Waals surface area contributed by atoms with Gasteiger partial charge in [0.25, 0.3) is 11.8 Å². The van der Waals surface area contributed by atoms with Gasteiger partial charge in [-0.25, -0.2) is 9.18 Å². The average molecular weight is 341 g/mol. The van der Waals surface area contributed by atoms with Crippen molar-refractivity contribution in [1.29, 1.82) is 0 Å². The molecule has 2 amide bonds. The Morgan fingerprint density at radius 2 is 1.48 bits per heavy atom. The highest BCUT2D eigenvalue weighted by atomic mass is 19.1. The largest absolute Gasteiger partial charge is 0.425 e. The lowest BCUT2D eigenvalue weighted by Crippen LogP contribution is -2.49. The number of nitrogens with zero attached hydrogens (tertiary/aromatic N) is 1. The van der Waals surface area contributed by atoms with Gasteiger partial charge in [-0.2, -0.15) is 0 Å². The Morgan fingerprint density at radius 1 is 0.960 bits per heavy atom. The molecule has 2 aromatic rings. The number of imide groups is 1. The van der Waals surface area contributed by atoms with Crippen LogP contribution >= 0.6 is 0 Å². The second-order valence-corrected chi connectivity index (χ2v) is 6.09. The van der Waals surface area contributed by atoms with Crippen LogP contribution in [0.3, 0.4) is 0 Å². The molecule has 1 aliphatic rings. The standard InChI is InChI=1S/C19H16FNO4/c1-11(2)16(19(24)25-13-9-7-12(20)8-10-13)21-17(22)14-5-3-4-6-15(14)18(21)23/h3-11,16H,1-2H3. The maximum atomic E-state index is 13.0. The fraction of sp³-hybridized carbons (Fsp3) is 0.211. The van der Waals surface area contributed by atoms with Gasteiger partial charge in [0.05, 0.1) is 11.1 Å². The van der Waals surface area contributed by atoms with E-state index in [-0.39, 0.29) is 22.8 Å². The fourth-order valence-corrected chi connectivity index (χ4v) is 2.82.